The van der Waals surface area contributed by atoms with Crippen molar-refractivity contribution in [1.82, 2.24) is 4.98 Å². The predicted octanol–water partition coefficient (Wildman–Crippen LogP) is 5.49. The summed E-state index contributed by atoms with van der Waals surface area (Å²) in [6, 6.07) is 8.54. The first-order valence-electron chi connectivity index (χ1n) is 7.48. The number of hydrogen-bond donors (Lipinski definition) is 0. The van der Waals surface area contributed by atoms with E-state index in [1.807, 2.05) is 12.3 Å². The Hall–Kier alpha value is -1.63. The average molecular weight is 267 g/mol. The van der Waals surface area contributed by atoms with Crippen LogP contribution >= 0.6 is 0 Å². The van der Waals surface area contributed by atoms with Gasteiger partial charge in [-0.05, 0) is 47.1 Å². The van der Waals surface area contributed by atoms with Crippen molar-refractivity contribution < 1.29 is 0 Å². The fraction of sp³-hybridized carbons (Fsp3) is 0.421. The highest BCUT2D eigenvalue weighted by Gasteiger charge is 2.25. The van der Waals surface area contributed by atoms with Crippen LogP contribution in [0.15, 0.2) is 37.0 Å². The van der Waals surface area contributed by atoms with Crippen LogP contribution in [0.4, 0.5) is 0 Å². The highest BCUT2D eigenvalue weighted by Crippen LogP contribution is 2.34. The minimum atomic E-state index is 0.299. The lowest BCUT2D eigenvalue weighted by Crippen LogP contribution is -2.24. The average Bonchev–Trinajstić information content (AvgIpc) is 2.45. The molecule has 1 aromatic carbocycles. The second-order valence-corrected chi connectivity index (χ2v) is 6.43. The van der Waals surface area contributed by atoms with Crippen LogP contribution in [-0.4, -0.2) is 4.98 Å². The molecule has 0 radical (unpaired) electrons. The smallest absolute Gasteiger partial charge is 0.0705 e. The van der Waals surface area contributed by atoms with Crippen molar-refractivity contribution in [2.24, 2.45) is 11.3 Å². The van der Waals surface area contributed by atoms with Crippen molar-refractivity contribution in [2.45, 2.75) is 40.5 Å². The number of aromatic nitrogens is 1. The van der Waals surface area contributed by atoms with Crippen molar-refractivity contribution in [3.8, 4) is 0 Å². The van der Waals surface area contributed by atoms with Gasteiger partial charge in [0.05, 0.1) is 5.52 Å². The quantitative estimate of drug-likeness (QED) is 0.697. The molecule has 0 amide bonds. The second-order valence-electron chi connectivity index (χ2n) is 6.43. The Balaban J connectivity index is 2.46. The molecule has 1 nitrogen and oxygen atoms in total. The number of rotatable bonds is 5. The van der Waals surface area contributed by atoms with E-state index in [2.05, 4.69) is 63.5 Å². The minimum Gasteiger partial charge on any atom is -0.256 e. The molecule has 2 aromatic rings. The van der Waals surface area contributed by atoms with E-state index in [1.54, 1.807) is 0 Å². The second kappa shape index (κ2) is 5.78. The summed E-state index contributed by atoms with van der Waals surface area (Å²) in [7, 11) is 0. The number of pyridine rings is 1. The van der Waals surface area contributed by atoms with E-state index in [1.165, 1.54) is 17.4 Å². The monoisotopic (exact) mass is 267 g/mol. The lowest BCUT2D eigenvalue weighted by atomic mass is 9.74. The van der Waals surface area contributed by atoms with Crippen LogP contribution < -0.4 is 0 Å². The van der Waals surface area contributed by atoms with Gasteiger partial charge in [0.15, 0.2) is 0 Å². The number of benzene rings is 1. The number of hydrogen-bond acceptors (Lipinski definition) is 1. The third kappa shape index (κ3) is 2.92. The van der Waals surface area contributed by atoms with E-state index in [0.717, 1.165) is 17.5 Å². The molecule has 106 valence electrons. The molecule has 1 heterocycles. The van der Waals surface area contributed by atoms with Crippen LogP contribution in [0, 0.1) is 11.3 Å². The normalized spacial score (nSPS) is 13.4. The third-order valence-corrected chi connectivity index (χ3v) is 4.68. The van der Waals surface area contributed by atoms with Gasteiger partial charge in [0, 0.05) is 11.6 Å². The Labute approximate surface area is 122 Å². The molecule has 0 fully saturated rings. The zero-order valence-electron chi connectivity index (χ0n) is 13.1. The SMILES string of the molecule is C=Cc1ccc2nccc(CC(C)(C)C(C)CC)c2c1. The summed E-state index contributed by atoms with van der Waals surface area (Å²) in [5.41, 5.74) is 3.93. The predicted molar refractivity (Wildman–Crippen MR) is 88.8 cm³/mol. The summed E-state index contributed by atoms with van der Waals surface area (Å²) < 4.78 is 0. The van der Waals surface area contributed by atoms with Gasteiger partial charge in [-0.25, -0.2) is 0 Å². The van der Waals surface area contributed by atoms with Crippen molar-refractivity contribution in [3.63, 3.8) is 0 Å². The third-order valence-electron chi connectivity index (χ3n) is 4.68. The Bertz CT molecular complexity index is 610. The molecule has 0 bridgehead atoms. The summed E-state index contributed by atoms with van der Waals surface area (Å²) in [6.07, 6.45) is 6.13. The fourth-order valence-electron chi connectivity index (χ4n) is 2.72. The molecule has 0 aliphatic heterocycles. The van der Waals surface area contributed by atoms with E-state index >= 15 is 0 Å². The first-order valence-corrected chi connectivity index (χ1v) is 7.48. The lowest BCUT2D eigenvalue weighted by molar-refractivity contribution is 0.223. The van der Waals surface area contributed by atoms with Gasteiger partial charge in [-0.3, -0.25) is 4.98 Å². The van der Waals surface area contributed by atoms with Gasteiger partial charge in [-0.15, -0.1) is 0 Å². The van der Waals surface area contributed by atoms with Gasteiger partial charge in [0.25, 0.3) is 0 Å². The van der Waals surface area contributed by atoms with Gasteiger partial charge in [0.2, 0.25) is 0 Å². The summed E-state index contributed by atoms with van der Waals surface area (Å²) in [6.45, 7) is 13.2. The Morgan fingerprint density at radius 2 is 2.05 bits per heavy atom. The van der Waals surface area contributed by atoms with E-state index in [9.17, 15) is 0 Å². The Kier molecular flexibility index (Phi) is 4.27. The maximum atomic E-state index is 4.48. The van der Waals surface area contributed by atoms with E-state index in [0.29, 0.717) is 11.3 Å². The zero-order chi connectivity index (χ0) is 14.8. The molecule has 1 aromatic heterocycles. The molecule has 0 aliphatic rings. The van der Waals surface area contributed by atoms with Gasteiger partial charge < -0.3 is 0 Å². The summed E-state index contributed by atoms with van der Waals surface area (Å²) >= 11 is 0. The van der Waals surface area contributed by atoms with Gasteiger partial charge >= 0.3 is 0 Å². The molecular weight excluding hydrogens is 242 g/mol. The van der Waals surface area contributed by atoms with Crippen molar-refractivity contribution in [3.05, 3.63) is 48.2 Å². The molecule has 2 rings (SSSR count). The van der Waals surface area contributed by atoms with E-state index < -0.39 is 0 Å². The molecule has 1 atom stereocenters. The topological polar surface area (TPSA) is 12.9 Å². The maximum absolute atomic E-state index is 4.48. The van der Waals surface area contributed by atoms with E-state index in [4.69, 9.17) is 0 Å². The summed E-state index contributed by atoms with van der Waals surface area (Å²) in [5.74, 6) is 0.702. The number of nitrogens with zero attached hydrogens (tertiary/aromatic N) is 1. The molecule has 0 aliphatic carbocycles. The van der Waals surface area contributed by atoms with Crippen molar-refractivity contribution in [1.29, 1.82) is 0 Å². The summed E-state index contributed by atoms with van der Waals surface area (Å²) in [5, 5.41) is 1.27. The van der Waals surface area contributed by atoms with Crippen LogP contribution in [0.3, 0.4) is 0 Å². The van der Waals surface area contributed by atoms with Gasteiger partial charge in [-0.2, -0.15) is 0 Å². The molecule has 0 N–H and O–H groups in total. The largest absolute Gasteiger partial charge is 0.256 e. The molecular formula is C19H25N. The molecule has 1 heteroatoms. The fourth-order valence-corrected chi connectivity index (χ4v) is 2.72. The molecule has 0 spiro atoms. The molecule has 0 saturated carbocycles. The maximum Gasteiger partial charge on any atom is 0.0705 e. The molecule has 1 unspecified atom stereocenters. The first kappa shape index (κ1) is 14.8. The van der Waals surface area contributed by atoms with Crippen molar-refractivity contribution in [2.75, 3.05) is 0 Å². The lowest BCUT2D eigenvalue weighted by Gasteiger charge is -2.31. The zero-order valence-corrected chi connectivity index (χ0v) is 13.1. The number of fused-ring (bicyclic) bond motifs is 1. The van der Waals surface area contributed by atoms with Gasteiger partial charge in [0.1, 0.15) is 0 Å². The van der Waals surface area contributed by atoms with Gasteiger partial charge in [-0.1, -0.05) is 52.8 Å². The van der Waals surface area contributed by atoms with Crippen molar-refractivity contribution >= 4 is 17.0 Å². The van der Waals surface area contributed by atoms with Crippen LogP contribution in [0.1, 0.15) is 45.2 Å². The molecule has 20 heavy (non-hydrogen) atoms. The highest BCUT2D eigenvalue weighted by atomic mass is 14.6. The Morgan fingerprint density at radius 3 is 2.70 bits per heavy atom. The first-order chi connectivity index (χ1) is 9.47. The standard InChI is InChI=1S/C19H25N/c1-6-14(3)19(4,5)13-16-10-11-20-18-9-8-15(7-2)12-17(16)18/h7-12,14H,2,6,13H2,1,3-5H3. The van der Waals surface area contributed by atoms with Crippen LogP contribution in [0.2, 0.25) is 0 Å². The minimum absolute atomic E-state index is 0.299. The molecule has 0 saturated heterocycles. The van der Waals surface area contributed by atoms with E-state index in [-0.39, 0.29) is 0 Å². The van der Waals surface area contributed by atoms with Crippen LogP contribution in [-0.2, 0) is 6.42 Å². The summed E-state index contributed by atoms with van der Waals surface area (Å²) in [4.78, 5) is 4.48. The highest BCUT2D eigenvalue weighted by molar-refractivity contribution is 5.84. The Morgan fingerprint density at radius 1 is 1.30 bits per heavy atom. The van der Waals surface area contributed by atoms with Crippen LogP contribution in [0.25, 0.3) is 17.0 Å². The van der Waals surface area contributed by atoms with Crippen LogP contribution in [0.5, 0.6) is 0 Å².